The Morgan fingerprint density at radius 1 is 0.611 bits per heavy atom. The molecular formula is C42H76NO10P. The van der Waals surface area contributed by atoms with Gasteiger partial charge in [0.2, 0.25) is 0 Å². The van der Waals surface area contributed by atoms with Crippen LogP contribution >= 0.6 is 7.82 Å². The molecule has 0 aliphatic rings. The fraction of sp³-hybridized carbons (Fsp3) is 0.786. The number of carbonyl (C=O) groups excluding carboxylic acids is 2. The van der Waals surface area contributed by atoms with Crippen molar-refractivity contribution < 1.29 is 47.5 Å². The van der Waals surface area contributed by atoms with Crippen molar-refractivity contribution in [2.24, 2.45) is 5.73 Å². The van der Waals surface area contributed by atoms with Gasteiger partial charge in [0, 0.05) is 12.5 Å². The number of hydrogen-bond acceptors (Lipinski definition) is 9. The highest BCUT2D eigenvalue weighted by atomic mass is 31.2. The van der Waals surface area contributed by atoms with Crippen LogP contribution in [0, 0.1) is 0 Å². The van der Waals surface area contributed by atoms with Crippen LogP contribution in [-0.2, 0) is 37.5 Å². The largest absolute Gasteiger partial charge is 0.480 e. The molecule has 0 rings (SSSR count). The van der Waals surface area contributed by atoms with Gasteiger partial charge in [-0.15, -0.1) is 0 Å². The maximum Gasteiger partial charge on any atom is 0.472 e. The molecule has 314 valence electrons. The number of unbranched alkanes of at least 4 members (excludes halogenated alkanes) is 22. The maximum atomic E-state index is 12.6. The Bertz CT molecular complexity index is 1060. The van der Waals surface area contributed by atoms with Crippen LogP contribution in [0.25, 0.3) is 0 Å². The molecular weight excluding hydrogens is 709 g/mol. The monoisotopic (exact) mass is 786 g/mol. The molecule has 0 spiro atoms. The highest BCUT2D eigenvalue weighted by Crippen LogP contribution is 2.43. The van der Waals surface area contributed by atoms with Crippen molar-refractivity contribution in [3.8, 4) is 0 Å². The molecule has 0 aliphatic carbocycles. The molecule has 4 N–H and O–H groups in total. The standard InChI is InChI=1S/C42H76NO10P/c1-3-5-7-9-11-13-15-17-19-21-23-25-27-29-31-33-40(44)50-35-38(36-51-54(48,49)52-37-39(43)42(46)47)53-41(45)34-32-30-28-26-24-22-20-18-16-14-12-10-8-6-4-2/h22,24,27,29,31,33,38-39H,3-21,23,25-26,28,30,32,34-37,43H2,1-2H3,(H,46,47)(H,48,49)/b24-22+,29-27+,33-31+/t38-,39+/m1/s1. The topological polar surface area (TPSA) is 172 Å². The number of carbonyl (C=O) groups is 3. The Morgan fingerprint density at radius 3 is 1.56 bits per heavy atom. The number of phosphoric acid groups is 1. The summed E-state index contributed by atoms with van der Waals surface area (Å²) in [5.41, 5.74) is 5.32. The Labute approximate surface area is 327 Å². The van der Waals surface area contributed by atoms with Crippen LogP contribution in [0.15, 0.2) is 36.5 Å². The zero-order valence-electron chi connectivity index (χ0n) is 33.8. The van der Waals surface area contributed by atoms with Crippen molar-refractivity contribution in [2.45, 2.75) is 193 Å². The predicted octanol–water partition coefficient (Wildman–Crippen LogP) is 10.8. The van der Waals surface area contributed by atoms with Crippen LogP contribution < -0.4 is 5.73 Å². The Balaban J connectivity index is 4.51. The van der Waals surface area contributed by atoms with E-state index in [-0.39, 0.29) is 6.42 Å². The lowest BCUT2D eigenvalue weighted by atomic mass is 10.1. The third-order valence-corrected chi connectivity index (χ3v) is 9.91. The molecule has 1 unspecified atom stereocenters. The van der Waals surface area contributed by atoms with Crippen LogP contribution in [0.3, 0.4) is 0 Å². The van der Waals surface area contributed by atoms with Gasteiger partial charge in [0.25, 0.3) is 0 Å². The van der Waals surface area contributed by atoms with Crippen LogP contribution in [0.4, 0.5) is 0 Å². The summed E-state index contributed by atoms with van der Waals surface area (Å²) in [6.45, 7) is 2.66. The number of ether oxygens (including phenoxy) is 2. The van der Waals surface area contributed by atoms with Gasteiger partial charge in [-0.2, -0.15) is 0 Å². The van der Waals surface area contributed by atoms with Crippen molar-refractivity contribution in [3.05, 3.63) is 36.5 Å². The van der Waals surface area contributed by atoms with Crippen LogP contribution in [-0.4, -0.2) is 59.9 Å². The summed E-state index contributed by atoms with van der Waals surface area (Å²) in [6.07, 6.45) is 39.9. The van der Waals surface area contributed by atoms with Crippen LogP contribution in [0.5, 0.6) is 0 Å². The zero-order valence-corrected chi connectivity index (χ0v) is 34.7. The lowest BCUT2D eigenvalue weighted by Crippen LogP contribution is -2.34. The maximum absolute atomic E-state index is 12.6. The van der Waals surface area contributed by atoms with E-state index < -0.39 is 57.7 Å². The van der Waals surface area contributed by atoms with E-state index in [0.717, 1.165) is 38.5 Å². The molecule has 0 aromatic heterocycles. The third-order valence-electron chi connectivity index (χ3n) is 8.96. The summed E-state index contributed by atoms with van der Waals surface area (Å²) in [5, 5.41) is 8.87. The Kier molecular flexibility index (Phi) is 36.0. The molecule has 3 atom stereocenters. The van der Waals surface area contributed by atoms with Gasteiger partial charge < -0.3 is 25.2 Å². The number of hydrogen-bond donors (Lipinski definition) is 3. The number of rotatable bonds is 39. The normalized spacial score (nSPS) is 14.1. The van der Waals surface area contributed by atoms with E-state index >= 15 is 0 Å². The van der Waals surface area contributed by atoms with Gasteiger partial charge in [-0.05, 0) is 44.9 Å². The Hall–Kier alpha value is -2.30. The van der Waals surface area contributed by atoms with Gasteiger partial charge >= 0.3 is 25.7 Å². The van der Waals surface area contributed by atoms with Gasteiger partial charge in [-0.3, -0.25) is 18.6 Å². The number of carboxylic acid groups (broad SMARTS) is 1. The molecule has 54 heavy (non-hydrogen) atoms. The first-order valence-electron chi connectivity index (χ1n) is 21.1. The lowest BCUT2D eigenvalue weighted by molar-refractivity contribution is -0.159. The Morgan fingerprint density at radius 2 is 1.06 bits per heavy atom. The molecule has 11 nitrogen and oxygen atoms in total. The van der Waals surface area contributed by atoms with E-state index in [0.29, 0.717) is 6.42 Å². The fourth-order valence-electron chi connectivity index (χ4n) is 5.62. The van der Waals surface area contributed by atoms with Crippen molar-refractivity contribution in [2.75, 3.05) is 19.8 Å². The lowest BCUT2D eigenvalue weighted by Gasteiger charge is -2.20. The molecule has 0 saturated heterocycles. The highest BCUT2D eigenvalue weighted by molar-refractivity contribution is 7.47. The van der Waals surface area contributed by atoms with E-state index in [2.05, 4.69) is 30.5 Å². The van der Waals surface area contributed by atoms with Gasteiger partial charge in [-0.25, -0.2) is 9.36 Å². The second-order valence-corrected chi connectivity index (χ2v) is 15.6. The third kappa shape index (κ3) is 36.7. The fourth-order valence-corrected chi connectivity index (χ4v) is 6.40. The van der Waals surface area contributed by atoms with E-state index in [4.69, 9.17) is 24.8 Å². The minimum absolute atomic E-state index is 0.122. The molecule has 0 aromatic carbocycles. The van der Waals surface area contributed by atoms with Crippen molar-refractivity contribution in [3.63, 3.8) is 0 Å². The summed E-state index contributed by atoms with van der Waals surface area (Å²) in [7, 11) is -4.74. The molecule has 0 heterocycles. The predicted molar refractivity (Wildman–Crippen MR) is 217 cm³/mol. The molecule has 0 amide bonds. The molecule has 0 saturated carbocycles. The summed E-state index contributed by atoms with van der Waals surface area (Å²) in [5.74, 6) is -2.66. The smallest absolute Gasteiger partial charge is 0.472 e. The molecule has 12 heteroatoms. The average molecular weight is 786 g/mol. The number of phosphoric ester groups is 1. The van der Waals surface area contributed by atoms with E-state index in [1.165, 1.54) is 122 Å². The van der Waals surface area contributed by atoms with Crippen LogP contribution in [0.1, 0.15) is 181 Å². The number of nitrogens with two attached hydrogens (primary N) is 1. The van der Waals surface area contributed by atoms with Gasteiger partial charge in [0.15, 0.2) is 6.10 Å². The van der Waals surface area contributed by atoms with E-state index in [9.17, 15) is 23.8 Å². The first-order chi connectivity index (χ1) is 26.1. The number of carboxylic acids is 1. The molecule has 0 aliphatic heterocycles. The molecule has 0 aromatic rings. The highest BCUT2D eigenvalue weighted by Gasteiger charge is 2.28. The van der Waals surface area contributed by atoms with E-state index in [1.54, 1.807) is 12.2 Å². The average Bonchev–Trinajstić information content (AvgIpc) is 3.14. The SMILES string of the molecule is CCCCCCCCCC/C=C/CCCCCC(=O)O[C@H](COC(=O)/C=C/C=C/CCCCCCCCCCCCC)COP(=O)(O)OC[C@H](N)C(=O)O. The van der Waals surface area contributed by atoms with Gasteiger partial charge in [0.05, 0.1) is 13.2 Å². The van der Waals surface area contributed by atoms with Crippen LogP contribution in [0.2, 0.25) is 0 Å². The van der Waals surface area contributed by atoms with Gasteiger partial charge in [-0.1, -0.05) is 160 Å². The number of aliphatic carboxylic acids is 1. The second kappa shape index (κ2) is 37.6. The van der Waals surface area contributed by atoms with Gasteiger partial charge in [0.1, 0.15) is 12.6 Å². The van der Waals surface area contributed by atoms with Crippen molar-refractivity contribution in [1.29, 1.82) is 0 Å². The minimum Gasteiger partial charge on any atom is -0.480 e. The first kappa shape index (κ1) is 51.7. The summed E-state index contributed by atoms with van der Waals surface area (Å²) in [4.78, 5) is 45.7. The minimum atomic E-state index is -4.74. The summed E-state index contributed by atoms with van der Waals surface area (Å²) in [6, 6.07) is -1.53. The number of esters is 2. The van der Waals surface area contributed by atoms with E-state index in [1.807, 2.05) is 6.08 Å². The molecule has 0 bridgehead atoms. The first-order valence-corrected chi connectivity index (χ1v) is 22.6. The molecule has 0 fully saturated rings. The molecule has 0 radical (unpaired) electrons. The number of allylic oxidation sites excluding steroid dienone is 5. The van der Waals surface area contributed by atoms with Crippen molar-refractivity contribution in [1.82, 2.24) is 0 Å². The zero-order chi connectivity index (χ0) is 40.0. The second-order valence-electron chi connectivity index (χ2n) is 14.2. The quantitative estimate of drug-likeness (QED) is 0.0135. The summed E-state index contributed by atoms with van der Waals surface area (Å²) < 4.78 is 32.4. The van der Waals surface area contributed by atoms with Crippen molar-refractivity contribution >= 4 is 25.7 Å². The summed E-state index contributed by atoms with van der Waals surface area (Å²) >= 11 is 0.